The minimum Gasteiger partial charge on any atom is -0.381 e. The molecule has 2 fully saturated rings. The Kier molecular flexibility index (Phi) is 3.92. The zero-order chi connectivity index (χ0) is 14.8. The van der Waals surface area contributed by atoms with Crippen LogP contribution in [0.2, 0.25) is 0 Å². The number of nitrogens with two attached hydrogens (primary N) is 1. The number of primary amides is 1. The third kappa shape index (κ3) is 2.78. The zero-order valence-electron chi connectivity index (χ0n) is 11.9. The highest BCUT2D eigenvalue weighted by atomic mass is 16.5. The van der Waals surface area contributed by atoms with Crippen LogP contribution in [0.4, 0.5) is 0 Å². The summed E-state index contributed by atoms with van der Waals surface area (Å²) in [5.41, 5.74) is 6.23. The standard InChI is InChI=1S/C14H20N4O3/c15-13(19)11-7-10(16-17-11)12-3-1-2-5-18(12)14(20)9-4-6-21-8-9/h7,9,12H,1-6,8H2,(H2,15,19)(H,16,17)/t9-,12+/m0/s1. The van der Waals surface area contributed by atoms with Gasteiger partial charge in [0.1, 0.15) is 5.69 Å². The average Bonchev–Trinajstić information content (AvgIpc) is 3.18. The number of nitrogens with one attached hydrogen (secondary N) is 1. The van der Waals surface area contributed by atoms with E-state index < -0.39 is 5.91 Å². The smallest absolute Gasteiger partial charge is 0.269 e. The predicted octanol–water partition coefficient (Wildman–Crippen LogP) is 0.599. The Labute approximate surface area is 122 Å². The Balaban J connectivity index is 1.79. The van der Waals surface area contributed by atoms with Crippen LogP contribution in [0.15, 0.2) is 6.07 Å². The number of aromatic amines is 1. The molecule has 3 rings (SSSR count). The van der Waals surface area contributed by atoms with Crippen molar-refractivity contribution < 1.29 is 14.3 Å². The molecule has 2 aliphatic heterocycles. The molecule has 2 amide bonds. The maximum absolute atomic E-state index is 12.6. The number of aromatic nitrogens is 2. The van der Waals surface area contributed by atoms with Crippen molar-refractivity contribution in [2.45, 2.75) is 31.7 Å². The molecule has 3 heterocycles. The molecule has 0 aliphatic carbocycles. The summed E-state index contributed by atoms with van der Waals surface area (Å²) in [7, 11) is 0. The summed E-state index contributed by atoms with van der Waals surface area (Å²) in [4.78, 5) is 25.7. The molecule has 3 N–H and O–H groups in total. The summed E-state index contributed by atoms with van der Waals surface area (Å²) in [6, 6.07) is 1.61. The first-order valence-corrected chi connectivity index (χ1v) is 7.40. The van der Waals surface area contributed by atoms with Gasteiger partial charge in [0.15, 0.2) is 0 Å². The molecule has 1 aromatic heterocycles. The number of hydrogen-bond donors (Lipinski definition) is 2. The molecule has 0 aromatic carbocycles. The molecule has 0 bridgehead atoms. The van der Waals surface area contributed by atoms with Crippen LogP contribution in [0.25, 0.3) is 0 Å². The van der Waals surface area contributed by atoms with Gasteiger partial charge in [-0.3, -0.25) is 14.7 Å². The highest BCUT2D eigenvalue weighted by Gasteiger charge is 2.35. The largest absolute Gasteiger partial charge is 0.381 e. The fourth-order valence-electron chi connectivity index (χ4n) is 3.12. The number of piperidine rings is 1. The van der Waals surface area contributed by atoms with Crippen molar-refractivity contribution in [2.75, 3.05) is 19.8 Å². The lowest BCUT2D eigenvalue weighted by Crippen LogP contribution is -2.42. The van der Waals surface area contributed by atoms with Crippen molar-refractivity contribution in [3.05, 3.63) is 17.5 Å². The van der Waals surface area contributed by atoms with E-state index in [1.807, 2.05) is 4.90 Å². The SMILES string of the molecule is NC(=O)c1cc([C@H]2CCCCN2C(=O)[C@H]2CCOC2)[nH]n1. The quantitative estimate of drug-likeness (QED) is 0.851. The molecule has 2 saturated heterocycles. The molecule has 114 valence electrons. The van der Waals surface area contributed by atoms with Crippen LogP contribution in [-0.2, 0) is 9.53 Å². The third-order valence-corrected chi connectivity index (χ3v) is 4.27. The highest BCUT2D eigenvalue weighted by molar-refractivity contribution is 5.90. The van der Waals surface area contributed by atoms with Gasteiger partial charge in [-0.1, -0.05) is 0 Å². The molecule has 7 heteroatoms. The van der Waals surface area contributed by atoms with E-state index in [2.05, 4.69) is 10.2 Å². The van der Waals surface area contributed by atoms with Crippen LogP contribution < -0.4 is 5.73 Å². The highest BCUT2D eigenvalue weighted by Crippen LogP contribution is 2.32. The molecular weight excluding hydrogens is 272 g/mol. The number of likely N-dealkylation sites (tertiary alicyclic amines) is 1. The Hall–Kier alpha value is -1.89. The maximum atomic E-state index is 12.6. The van der Waals surface area contributed by atoms with Crippen LogP contribution in [0, 0.1) is 5.92 Å². The summed E-state index contributed by atoms with van der Waals surface area (Å²) in [6.07, 6.45) is 3.73. The maximum Gasteiger partial charge on any atom is 0.269 e. The monoisotopic (exact) mass is 292 g/mol. The third-order valence-electron chi connectivity index (χ3n) is 4.27. The van der Waals surface area contributed by atoms with Crippen molar-refractivity contribution in [1.82, 2.24) is 15.1 Å². The van der Waals surface area contributed by atoms with Crippen molar-refractivity contribution >= 4 is 11.8 Å². The first kappa shape index (κ1) is 14.1. The van der Waals surface area contributed by atoms with Gasteiger partial charge >= 0.3 is 0 Å². The lowest BCUT2D eigenvalue weighted by molar-refractivity contribution is -0.139. The second kappa shape index (κ2) is 5.85. The summed E-state index contributed by atoms with van der Waals surface area (Å²) < 4.78 is 5.32. The Morgan fingerprint density at radius 3 is 2.90 bits per heavy atom. The van der Waals surface area contributed by atoms with Crippen LogP contribution in [-0.4, -0.2) is 46.7 Å². The van der Waals surface area contributed by atoms with E-state index in [1.165, 1.54) is 0 Å². The molecule has 2 atom stereocenters. The summed E-state index contributed by atoms with van der Waals surface area (Å²) in [5.74, 6) is -0.452. The van der Waals surface area contributed by atoms with E-state index >= 15 is 0 Å². The second-order valence-corrected chi connectivity index (χ2v) is 5.68. The van der Waals surface area contributed by atoms with Gasteiger partial charge in [-0.25, -0.2) is 0 Å². The lowest BCUT2D eigenvalue weighted by Gasteiger charge is -2.36. The summed E-state index contributed by atoms with van der Waals surface area (Å²) >= 11 is 0. The fourth-order valence-corrected chi connectivity index (χ4v) is 3.12. The molecule has 7 nitrogen and oxygen atoms in total. The molecule has 1 aromatic rings. The minimum atomic E-state index is -0.560. The lowest BCUT2D eigenvalue weighted by atomic mass is 9.96. The summed E-state index contributed by atoms with van der Waals surface area (Å²) in [6.45, 7) is 1.91. The number of rotatable bonds is 3. The molecular formula is C14H20N4O3. The number of nitrogens with zero attached hydrogens (tertiary/aromatic N) is 2. The molecule has 0 spiro atoms. The van der Waals surface area contributed by atoms with E-state index in [0.717, 1.165) is 37.9 Å². The van der Waals surface area contributed by atoms with E-state index in [0.29, 0.717) is 13.2 Å². The van der Waals surface area contributed by atoms with Crippen LogP contribution in [0.1, 0.15) is 47.9 Å². The van der Waals surface area contributed by atoms with Crippen LogP contribution >= 0.6 is 0 Å². The van der Waals surface area contributed by atoms with Crippen molar-refractivity contribution in [3.8, 4) is 0 Å². The van der Waals surface area contributed by atoms with Gasteiger partial charge in [0.25, 0.3) is 5.91 Å². The Morgan fingerprint density at radius 2 is 2.24 bits per heavy atom. The van der Waals surface area contributed by atoms with E-state index in [1.54, 1.807) is 6.07 Å². The first-order chi connectivity index (χ1) is 10.2. The van der Waals surface area contributed by atoms with Gasteiger partial charge in [-0.05, 0) is 31.7 Å². The fraction of sp³-hybridized carbons (Fsp3) is 0.643. The number of carbonyl (C=O) groups excluding carboxylic acids is 2. The second-order valence-electron chi connectivity index (χ2n) is 5.68. The number of ether oxygens (including phenoxy) is 1. The normalized spacial score (nSPS) is 26.0. The number of carbonyl (C=O) groups is 2. The van der Waals surface area contributed by atoms with Crippen molar-refractivity contribution in [2.24, 2.45) is 11.7 Å². The van der Waals surface area contributed by atoms with Gasteiger partial charge in [-0.15, -0.1) is 0 Å². The van der Waals surface area contributed by atoms with Crippen LogP contribution in [0.5, 0.6) is 0 Å². The molecule has 0 radical (unpaired) electrons. The van der Waals surface area contributed by atoms with Gasteiger partial charge in [-0.2, -0.15) is 5.10 Å². The first-order valence-electron chi connectivity index (χ1n) is 7.40. The molecule has 2 aliphatic rings. The predicted molar refractivity (Wildman–Crippen MR) is 74.3 cm³/mol. The van der Waals surface area contributed by atoms with Gasteiger partial charge in [0.05, 0.1) is 24.3 Å². The molecule has 0 unspecified atom stereocenters. The van der Waals surface area contributed by atoms with E-state index in [-0.39, 0.29) is 23.6 Å². The van der Waals surface area contributed by atoms with E-state index in [4.69, 9.17) is 10.5 Å². The van der Waals surface area contributed by atoms with Crippen LogP contribution in [0.3, 0.4) is 0 Å². The Morgan fingerprint density at radius 1 is 1.38 bits per heavy atom. The van der Waals surface area contributed by atoms with Gasteiger partial charge < -0.3 is 15.4 Å². The topological polar surface area (TPSA) is 101 Å². The molecule has 0 saturated carbocycles. The zero-order valence-corrected chi connectivity index (χ0v) is 11.9. The number of H-pyrrole nitrogens is 1. The Bertz CT molecular complexity index is 536. The van der Waals surface area contributed by atoms with Crippen molar-refractivity contribution in [1.29, 1.82) is 0 Å². The summed E-state index contributed by atoms with van der Waals surface area (Å²) in [5, 5.41) is 6.78. The van der Waals surface area contributed by atoms with Gasteiger partial charge in [0, 0.05) is 13.2 Å². The molecule has 21 heavy (non-hydrogen) atoms. The minimum absolute atomic E-state index is 0.0378. The number of amides is 2. The number of hydrogen-bond acceptors (Lipinski definition) is 4. The average molecular weight is 292 g/mol. The van der Waals surface area contributed by atoms with Crippen molar-refractivity contribution in [3.63, 3.8) is 0 Å². The van der Waals surface area contributed by atoms with Gasteiger partial charge in [0.2, 0.25) is 5.91 Å². The van der Waals surface area contributed by atoms with E-state index in [9.17, 15) is 9.59 Å².